The summed E-state index contributed by atoms with van der Waals surface area (Å²) in [7, 11) is 0. The van der Waals surface area contributed by atoms with Gasteiger partial charge in [-0.2, -0.15) is 0 Å². The van der Waals surface area contributed by atoms with Gasteiger partial charge in [-0.15, -0.1) is 0 Å². The first-order chi connectivity index (χ1) is 12.9. The van der Waals surface area contributed by atoms with Gasteiger partial charge < -0.3 is 5.11 Å². The van der Waals surface area contributed by atoms with Crippen molar-refractivity contribution in [2.45, 2.75) is 58.3 Å². The molecule has 146 valence electrons. The van der Waals surface area contributed by atoms with Crippen LogP contribution in [0.1, 0.15) is 62.5 Å². The highest BCUT2D eigenvalue weighted by Crippen LogP contribution is 2.34. The van der Waals surface area contributed by atoms with Crippen LogP contribution in [-0.4, -0.2) is 21.8 Å². The van der Waals surface area contributed by atoms with Crippen molar-refractivity contribution < 1.29 is 19.6 Å². The fourth-order valence-electron chi connectivity index (χ4n) is 3.72. The number of carbonyl (C=O) groups excluding carboxylic acids is 1. The molecule has 0 heterocycles. The molecular formula is C21H27NO5. The minimum atomic E-state index is -0.757. The number of nitro groups is 1. The number of allylic oxidation sites excluding steroid dienone is 1. The van der Waals surface area contributed by atoms with Crippen molar-refractivity contribution in [1.29, 1.82) is 0 Å². The molecule has 0 unspecified atom stereocenters. The molecule has 2 atom stereocenters. The van der Waals surface area contributed by atoms with E-state index in [0.29, 0.717) is 18.6 Å². The van der Waals surface area contributed by atoms with Crippen LogP contribution in [0.4, 0.5) is 5.69 Å². The van der Waals surface area contributed by atoms with Crippen LogP contribution >= 0.6 is 0 Å². The van der Waals surface area contributed by atoms with Crippen molar-refractivity contribution in [3.63, 3.8) is 0 Å². The second-order valence-corrected chi connectivity index (χ2v) is 7.28. The molecule has 2 rings (SSSR count). The number of hydrogen-bond acceptors (Lipinski definition) is 4. The van der Waals surface area contributed by atoms with Gasteiger partial charge >= 0.3 is 5.97 Å². The number of aryl methyl sites for hydroxylation is 1. The van der Waals surface area contributed by atoms with Gasteiger partial charge in [0.05, 0.1) is 4.92 Å². The summed E-state index contributed by atoms with van der Waals surface area (Å²) in [5, 5.41) is 19.5. The Morgan fingerprint density at radius 1 is 1.30 bits per heavy atom. The summed E-state index contributed by atoms with van der Waals surface area (Å²) < 4.78 is 0. The minimum absolute atomic E-state index is 0.0408. The number of carboxylic acid groups (broad SMARTS) is 1. The highest BCUT2D eigenvalue weighted by molar-refractivity contribution is 5.84. The predicted octanol–water partition coefficient (Wildman–Crippen LogP) is 4.94. The lowest BCUT2D eigenvalue weighted by Crippen LogP contribution is -2.13. The minimum Gasteiger partial charge on any atom is -0.481 e. The Bertz CT molecular complexity index is 725. The monoisotopic (exact) mass is 373 g/mol. The van der Waals surface area contributed by atoms with E-state index in [1.165, 1.54) is 6.07 Å². The number of Topliss-reactive ketones (excluding diaryl/α,β-unsaturated/α-hetero) is 1. The summed E-state index contributed by atoms with van der Waals surface area (Å²) >= 11 is 0. The van der Waals surface area contributed by atoms with Gasteiger partial charge in [-0.25, -0.2) is 0 Å². The molecule has 6 nitrogen and oxygen atoms in total. The molecule has 1 N–H and O–H groups in total. The third kappa shape index (κ3) is 6.31. The third-order valence-corrected chi connectivity index (χ3v) is 5.30. The Morgan fingerprint density at radius 3 is 2.70 bits per heavy atom. The molecule has 1 saturated carbocycles. The maximum absolute atomic E-state index is 12.2. The van der Waals surface area contributed by atoms with Crippen molar-refractivity contribution in [2.75, 3.05) is 0 Å². The normalized spacial score (nSPS) is 19.7. The molecule has 0 aromatic heterocycles. The molecule has 0 spiro atoms. The van der Waals surface area contributed by atoms with E-state index in [-0.39, 0.29) is 23.9 Å². The van der Waals surface area contributed by atoms with Crippen LogP contribution in [0, 0.1) is 28.9 Å². The Balaban J connectivity index is 1.89. The quantitative estimate of drug-likeness (QED) is 0.356. The number of benzene rings is 1. The maximum Gasteiger partial charge on any atom is 0.303 e. The van der Waals surface area contributed by atoms with Gasteiger partial charge in [0.1, 0.15) is 5.78 Å². The molecule has 1 aromatic carbocycles. The standard InChI is InChI=1S/C21H27NO5/c1-15-14-18(22(26)27)12-10-16(15)8-9-17-11-13-20(23)19(17)6-4-2-3-5-7-21(24)25/h8-10,12,14,17,19H,2-7,11,13H2,1H3,(H,24,25)/t17-,19+/m1/s1. The zero-order valence-electron chi connectivity index (χ0n) is 15.7. The highest BCUT2D eigenvalue weighted by atomic mass is 16.6. The number of rotatable bonds is 10. The zero-order chi connectivity index (χ0) is 19.8. The van der Waals surface area contributed by atoms with E-state index in [9.17, 15) is 19.7 Å². The average molecular weight is 373 g/mol. The molecule has 0 aliphatic heterocycles. The molecule has 0 bridgehead atoms. The van der Waals surface area contributed by atoms with E-state index in [1.807, 2.05) is 13.0 Å². The number of carboxylic acids is 1. The van der Waals surface area contributed by atoms with Gasteiger partial charge in [-0.1, -0.05) is 31.4 Å². The predicted molar refractivity (Wildman–Crippen MR) is 103 cm³/mol. The number of nitro benzene ring substituents is 1. The van der Waals surface area contributed by atoms with E-state index < -0.39 is 10.9 Å². The van der Waals surface area contributed by atoms with Crippen LogP contribution in [0.15, 0.2) is 24.3 Å². The van der Waals surface area contributed by atoms with Crippen molar-refractivity contribution in [2.24, 2.45) is 11.8 Å². The van der Waals surface area contributed by atoms with E-state index in [1.54, 1.807) is 12.1 Å². The van der Waals surface area contributed by atoms with Gasteiger partial charge in [0.25, 0.3) is 5.69 Å². The van der Waals surface area contributed by atoms with Crippen LogP contribution in [0.5, 0.6) is 0 Å². The fourth-order valence-corrected chi connectivity index (χ4v) is 3.72. The second-order valence-electron chi connectivity index (χ2n) is 7.28. The highest BCUT2D eigenvalue weighted by Gasteiger charge is 2.32. The fraction of sp³-hybridized carbons (Fsp3) is 0.524. The molecular weight excluding hydrogens is 346 g/mol. The van der Waals surface area contributed by atoms with Crippen LogP contribution < -0.4 is 0 Å². The Morgan fingerprint density at radius 2 is 2.04 bits per heavy atom. The van der Waals surface area contributed by atoms with Crippen molar-refractivity contribution >= 4 is 23.5 Å². The molecule has 1 aliphatic rings. The summed E-state index contributed by atoms with van der Waals surface area (Å²) in [5.41, 5.74) is 1.87. The molecule has 1 fully saturated rings. The molecule has 1 aromatic rings. The van der Waals surface area contributed by atoms with Gasteiger partial charge in [0, 0.05) is 30.9 Å². The number of carbonyl (C=O) groups is 2. The first kappa shape index (κ1) is 20.8. The van der Waals surface area contributed by atoms with Gasteiger partial charge in [-0.3, -0.25) is 19.7 Å². The molecule has 0 amide bonds. The number of ketones is 1. The Labute approximate surface area is 159 Å². The van der Waals surface area contributed by atoms with Gasteiger partial charge in [0.2, 0.25) is 0 Å². The van der Waals surface area contributed by atoms with Crippen LogP contribution in [0.25, 0.3) is 6.08 Å². The number of hydrogen-bond donors (Lipinski definition) is 1. The molecule has 27 heavy (non-hydrogen) atoms. The maximum atomic E-state index is 12.2. The Hall–Kier alpha value is -2.50. The van der Waals surface area contributed by atoms with E-state index in [4.69, 9.17) is 5.11 Å². The average Bonchev–Trinajstić information content (AvgIpc) is 2.96. The number of aliphatic carboxylic acids is 1. The smallest absolute Gasteiger partial charge is 0.303 e. The lowest BCUT2D eigenvalue weighted by molar-refractivity contribution is -0.384. The number of nitrogens with zero attached hydrogens (tertiary/aromatic N) is 1. The summed E-state index contributed by atoms with van der Waals surface area (Å²) in [6, 6.07) is 4.81. The first-order valence-corrected chi connectivity index (χ1v) is 9.56. The van der Waals surface area contributed by atoms with Crippen LogP contribution in [-0.2, 0) is 9.59 Å². The summed E-state index contributed by atoms with van der Waals surface area (Å²) in [6.07, 6.45) is 10.0. The molecule has 0 radical (unpaired) electrons. The van der Waals surface area contributed by atoms with E-state index in [2.05, 4.69) is 6.08 Å². The lowest BCUT2D eigenvalue weighted by atomic mass is 9.89. The number of non-ortho nitro benzene ring substituents is 1. The Kier molecular flexibility index (Phi) is 7.70. The van der Waals surface area contributed by atoms with E-state index in [0.717, 1.165) is 43.2 Å². The topological polar surface area (TPSA) is 97.5 Å². The van der Waals surface area contributed by atoms with Crippen molar-refractivity contribution in [3.8, 4) is 0 Å². The third-order valence-electron chi connectivity index (χ3n) is 5.30. The van der Waals surface area contributed by atoms with Crippen molar-refractivity contribution in [1.82, 2.24) is 0 Å². The first-order valence-electron chi connectivity index (χ1n) is 9.56. The van der Waals surface area contributed by atoms with Gasteiger partial charge in [-0.05, 0) is 49.3 Å². The number of unbranched alkanes of at least 4 members (excludes halogenated alkanes) is 3. The summed E-state index contributed by atoms with van der Waals surface area (Å²) in [4.78, 5) is 33.1. The van der Waals surface area contributed by atoms with Gasteiger partial charge in [0.15, 0.2) is 0 Å². The lowest BCUT2D eigenvalue weighted by Gasteiger charge is -2.15. The summed E-state index contributed by atoms with van der Waals surface area (Å²) in [5.74, 6) is -0.187. The second kappa shape index (κ2) is 10.00. The van der Waals surface area contributed by atoms with E-state index >= 15 is 0 Å². The largest absolute Gasteiger partial charge is 0.481 e. The zero-order valence-corrected chi connectivity index (χ0v) is 15.7. The molecule has 1 aliphatic carbocycles. The van der Waals surface area contributed by atoms with Crippen LogP contribution in [0.3, 0.4) is 0 Å². The SMILES string of the molecule is Cc1cc([N+](=O)[O-])ccc1C=C[C@@H]1CCC(=O)[C@H]1CCCCCCC(=O)O. The summed E-state index contributed by atoms with van der Waals surface area (Å²) in [6.45, 7) is 1.85. The van der Waals surface area contributed by atoms with Crippen molar-refractivity contribution in [3.05, 3.63) is 45.5 Å². The molecule has 6 heteroatoms. The molecule has 0 saturated heterocycles. The van der Waals surface area contributed by atoms with Crippen LogP contribution in [0.2, 0.25) is 0 Å².